The maximum absolute atomic E-state index is 13.5. The highest BCUT2D eigenvalue weighted by molar-refractivity contribution is 5.88. The molecular formula is C21H32N2O3. The predicted molar refractivity (Wildman–Crippen MR) is 99.4 cm³/mol. The van der Waals surface area contributed by atoms with E-state index in [1.54, 1.807) is 0 Å². The largest absolute Gasteiger partial charge is 0.378 e. The van der Waals surface area contributed by atoms with E-state index in [1.165, 1.54) is 0 Å². The third-order valence-corrected chi connectivity index (χ3v) is 7.68. The molecule has 0 aromatic heterocycles. The number of amides is 2. The van der Waals surface area contributed by atoms with Crippen LogP contribution in [0.1, 0.15) is 46.0 Å². The van der Waals surface area contributed by atoms with Crippen molar-refractivity contribution >= 4 is 11.8 Å². The van der Waals surface area contributed by atoms with Crippen LogP contribution >= 0.6 is 0 Å². The first-order valence-electron chi connectivity index (χ1n) is 10.2. The lowest BCUT2D eigenvalue weighted by molar-refractivity contribution is -0.147. The van der Waals surface area contributed by atoms with Gasteiger partial charge in [-0.3, -0.25) is 9.59 Å². The van der Waals surface area contributed by atoms with Crippen LogP contribution in [0.25, 0.3) is 0 Å². The summed E-state index contributed by atoms with van der Waals surface area (Å²) in [6.07, 6.45) is 4.83. The molecule has 0 radical (unpaired) electrons. The van der Waals surface area contributed by atoms with Crippen molar-refractivity contribution < 1.29 is 14.3 Å². The van der Waals surface area contributed by atoms with Crippen LogP contribution in [0.2, 0.25) is 0 Å². The average Bonchev–Trinajstić information content (AvgIpc) is 3.20. The smallest absolute Gasteiger partial charge is 0.232 e. The zero-order chi connectivity index (χ0) is 18.5. The van der Waals surface area contributed by atoms with Crippen LogP contribution in [0.5, 0.6) is 0 Å². The number of rotatable bonds is 2. The fraction of sp³-hybridized carbons (Fsp3) is 0.810. The van der Waals surface area contributed by atoms with Gasteiger partial charge in [0.2, 0.25) is 11.8 Å². The second-order valence-corrected chi connectivity index (χ2v) is 9.25. The van der Waals surface area contributed by atoms with Crippen LogP contribution < -0.4 is 0 Å². The van der Waals surface area contributed by atoms with Crippen molar-refractivity contribution in [1.82, 2.24) is 9.80 Å². The number of likely N-dealkylation sites (tertiary alicyclic amines) is 1. The molecule has 4 aliphatic rings. The summed E-state index contributed by atoms with van der Waals surface area (Å²) in [6.45, 7) is 12.8. The molecule has 144 valence electrons. The van der Waals surface area contributed by atoms with E-state index in [2.05, 4.69) is 20.4 Å². The average molecular weight is 360 g/mol. The number of morpholine rings is 1. The van der Waals surface area contributed by atoms with Crippen LogP contribution in [0.4, 0.5) is 0 Å². The van der Waals surface area contributed by atoms with Gasteiger partial charge in [-0.2, -0.15) is 0 Å². The SMILES string of the molecule is C=C1C(C)(C)[C@H]2CC[C@]1(C(=O)N1CCC[C@H](C(=O)N3CCOCC3)C1)C2. The van der Waals surface area contributed by atoms with Crippen molar-refractivity contribution in [1.29, 1.82) is 0 Å². The molecule has 2 amide bonds. The number of hydrogen-bond donors (Lipinski definition) is 0. The first-order valence-corrected chi connectivity index (χ1v) is 10.2. The fourth-order valence-corrected chi connectivity index (χ4v) is 5.83. The van der Waals surface area contributed by atoms with E-state index in [0.29, 0.717) is 38.8 Å². The van der Waals surface area contributed by atoms with Gasteiger partial charge in [-0.25, -0.2) is 0 Å². The maximum Gasteiger partial charge on any atom is 0.232 e. The summed E-state index contributed by atoms with van der Waals surface area (Å²) in [5.41, 5.74) is 0.831. The molecule has 2 saturated heterocycles. The first-order chi connectivity index (χ1) is 12.4. The van der Waals surface area contributed by atoms with Gasteiger partial charge < -0.3 is 14.5 Å². The number of piperidine rings is 1. The molecule has 5 nitrogen and oxygen atoms in total. The first kappa shape index (κ1) is 18.0. The summed E-state index contributed by atoms with van der Waals surface area (Å²) in [4.78, 5) is 30.3. The number of ether oxygens (including phenoxy) is 1. The molecule has 2 heterocycles. The molecule has 26 heavy (non-hydrogen) atoms. The van der Waals surface area contributed by atoms with Crippen molar-refractivity contribution in [2.24, 2.45) is 22.7 Å². The quantitative estimate of drug-likeness (QED) is 0.711. The monoisotopic (exact) mass is 360 g/mol. The topological polar surface area (TPSA) is 49.9 Å². The van der Waals surface area contributed by atoms with E-state index >= 15 is 0 Å². The van der Waals surface area contributed by atoms with Gasteiger partial charge in [0, 0.05) is 26.2 Å². The van der Waals surface area contributed by atoms with Gasteiger partial charge in [-0.15, -0.1) is 0 Å². The Hall–Kier alpha value is -1.36. The highest BCUT2D eigenvalue weighted by Gasteiger charge is 2.61. The molecule has 5 heteroatoms. The lowest BCUT2D eigenvalue weighted by Gasteiger charge is -2.42. The van der Waals surface area contributed by atoms with Crippen molar-refractivity contribution in [2.75, 3.05) is 39.4 Å². The summed E-state index contributed by atoms with van der Waals surface area (Å²) in [5, 5.41) is 0. The van der Waals surface area contributed by atoms with Crippen LogP contribution in [-0.4, -0.2) is 61.0 Å². The zero-order valence-electron chi connectivity index (χ0n) is 16.3. The number of carbonyl (C=O) groups is 2. The highest BCUT2D eigenvalue weighted by atomic mass is 16.5. The van der Waals surface area contributed by atoms with E-state index in [0.717, 1.165) is 44.2 Å². The molecule has 2 aliphatic heterocycles. The van der Waals surface area contributed by atoms with Gasteiger partial charge in [0.25, 0.3) is 0 Å². The number of fused-ring (bicyclic) bond motifs is 2. The van der Waals surface area contributed by atoms with E-state index < -0.39 is 0 Å². The second-order valence-electron chi connectivity index (χ2n) is 9.25. The van der Waals surface area contributed by atoms with E-state index in [9.17, 15) is 9.59 Å². The predicted octanol–water partition coefficient (Wildman–Crippen LogP) is 2.47. The Morgan fingerprint density at radius 2 is 1.85 bits per heavy atom. The minimum Gasteiger partial charge on any atom is -0.378 e. The van der Waals surface area contributed by atoms with Crippen LogP contribution in [0.3, 0.4) is 0 Å². The zero-order valence-corrected chi connectivity index (χ0v) is 16.3. The molecule has 4 fully saturated rings. The van der Waals surface area contributed by atoms with Crippen molar-refractivity contribution in [3.8, 4) is 0 Å². The molecule has 3 atom stereocenters. The molecule has 0 aromatic rings. The summed E-state index contributed by atoms with van der Waals surface area (Å²) in [5.74, 6) is 0.977. The molecule has 0 N–H and O–H groups in total. The molecule has 2 bridgehead atoms. The van der Waals surface area contributed by atoms with Gasteiger partial charge >= 0.3 is 0 Å². The number of hydrogen-bond acceptors (Lipinski definition) is 3. The molecule has 0 aromatic carbocycles. The van der Waals surface area contributed by atoms with E-state index in [-0.39, 0.29) is 28.6 Å². The van der Waals surface area contributed by atoms with Crippen molar-refractivity contribution in [2.45, 2.75) is 46.0 Å². The van der Waals surface area contributed by atoms with Crippen LogP contribution in [-0.2, 0) is 14.3 Å². The van der Waals surface area contributed by atoms with Crippen molar-refractivity contribution in [3.63, 3.8) is 0 Å². The van der Waals surface area contributed by atoms with Crippen LogP contribution in [0, 0.1) is 22.7 Å². The van der Waals surface area contributed by atoms with Crippen LogP contribution in [0.15, 0.2) is 12.2 Å². The molecular weight excluding hydrogens is 328 g/mol. The van der Waals surface area contributed by atoms with Gasteiger partial charge in [-0.05, 0) is 43.4 Å². The lowest BCUT2D eigenvalue weighted by atomic mass is 9.68. The number of nitrogens with zero attached hydrogens (tertiary/aromatic N) is 2. The third kappa shape index (κ3) is 2.62. The Labute approximate surface area is 156 Å². The Bertz CT molecular complexity index is 623. The normalized spacial score (nSPS) is 36.5. The van der Waals surface area contributed by atoms with Gasteiger partial charge in [0.05, 0.1) is 24.5 Å². The van der Waals surface area contributed by atoms with Gasteiger partial charge in [0.15, 0.2) is 0 Å². The highest BCUT2D eigenvalue weighted by Crippen LogP contribution is 2.66. The minimum absolute atomic E-state index is 0.0536. The fourth-order valence-electron chi connectivity index (χ4n) is 5.83. The van der Waals surface area contributed by atoms with Gasteiger partial charge in [0.1, 0.15) is 0 Å². The number of carbonyl (C=O) groups excluding carboxylic acids is 2. The Balaban J connectivity index is 1.47. The standard InChI is InChI=1S/C21H32N2O3/c1-15-20(2,3)17-6-7-21(15,13-17)19(25)23-8-4-5-16(14-23)18(24)22-9-11-26-12-10-22/h16-17H,1,4-14H2,2-3H3/t16-,17-,21-/m0/s1. The molecule has 2 aliphatic carbocycles. The summed E-state index contributed by atoms with van der Waals surface area (Å²) >= 11 is 0. The third-order valence-electron chi connectivity index (χ3n) is 7.68. The molecule has 4 rings (SSSR count). The summed E-state index contributed by atoms with van der Waals surface area (Å²) in [7, 11) is 0. The minimum atomic E-state index is -0.363. The Morgan fingerprint density at radius 3 is 2.50 bits per heavy atom. The van der Waals surface area contributed by atoms with E-state index in [1.807, 2.05) is 9.80 Å². The summed E-state index contributed by atoms with van der Waals surface area (Å²) in [6, 6.07) is 0. The van der Waals surface area contributed by atoms with Gasteiger partial charge in [-0.1, -0.05) is 26.0 Å². The lowest BCUT2D eigenvalue weighted by Crippen LogP contribution is -2.52. The Morgan fingerprint density at radius 1 is 1.12 bits per heavy atom. The van der Waals surface area contributed by atoms with Crippen molar-refractivity contribution in [3.05, 3.63) is 12.2 Å². The maximum atomic E-state index is 13.5. The van der Waals surface area contributed by atoms with E-state index in [4.69, 9.17) is 4.74 Å². The molecule has 0 unspecified atom stereocenters. The molecule has 0 spiro atoms. The summed E-state index contributed by atoms with van der Waals surface area (Å²) < 4.78 is 5.36. The second kappa shape index (κ2) is 6.36. The Kier molecular flexibility index (Phi) is 4.41. The molecule has 2 saturated carbocycles.